The van der Waals surface area contributed by atoms with Crippen molar-refractivity contribution in [1.82, 2.24) is 0 Å². The smallest absolute Gasteiger partial charge is 0.323 e. The van der Waals surface area contributed by atoms with Gasteiger partial charge in [-0.25, -0.2) is 4.79 Å². The maximum absolute atomic E-state index is 11.8. The lowest BCUT2D eigenvalue weighted by Crippen LogP contribution is -2.19. The van der Waals surface area contributed by atoms with Crippen molar-refractivity contribution in [1.29, 1.82) is 5.26 Å². The molecule has 0 heterocycles. The van der Waals surface area contributed by atoms with Crippen LogP contribution in [0, 0.1) is 11.3 Å². The number of ether oxygens (including phenoxy) is 1. The second kappa shape index (κ2) is 6.25. The van der Waals surface area contributed by atoms with Gasteiger partial charge >= 0.3 is 6.03 Å². The average Bonchev–Trinajstić information content (AvgIpc) is 2.48. The number of benzene rings is 2. The molecule has 0 aliphatic rings. The zero-order valence-corrected chi connectivity index (χ0v) is 10.9. The van der Waals surface area contributed by atoms with Crippen molar-refractivity contribution < 1.29 is 9.53 Å². The highest BCUT2D eigenvalue weighted by molar-refractivity contribution is 5.99. The van der Waals surface area contributed by atoms with Crippen LogP contribution < -0.4 is 15.4 Å². The summed E-state index contributed by atoms with van der Waals surface area (Å²) >= 11 is 0. The Labute approximate surface area is 116 Å². The van der Waals surface area contributed by atoms with Gasteiger partial charge < -0.3 is 15.4 Å². The molecule has 0 atom stereocenters. The van der Waals surface area contributed by atoms with Crippen LogP contribution in [-0.4, -0.2) is 13.1 Å². The Bertz CT molecular complexity index is 645. The first-order chi connectivity index (χ1) is 9.71. The molecule has 0 fully saturated rings. The van der Waals surface area contributed by atoms with Crippen molar-refractivity contribution in [3.8, 4) is 11.8 Å². The van der Waals surface area contributed by atoms with Crippen molar-refractivity contribution >= 4 is 17.4 Å². The second-order valence-electron chi connectivity index (χ2n) is 4.00. The predicted molar refractivity (Wildman–Crippen MR) is 76.8 cm³/mol. The quantitative estimate of drug-likeness (QED) is 0.896. The van der Waals surface area contributed by atoms with Crippen molar-refractivity contribution in [3.05, 3.63) is 54.1 Å². The molecule has 2 N–H and O–H groups in total. The summed E-state index contributed by atoms with van der Waals surface area (Å²) in [5.41, 5.74) is 1.71. The van der Waals surface area contributed by atoms with Gasteiger partial charge in [0, 0.05) is 11.4 Å². The van der Waals surface area contributed by atoms with Gasteiger partial charge in [-0.3, -0.25) is 0 Å². The van der Waals surface area contributed by atoms with E-state index < -0.39 is 0 Å². The molecule has 100 valence electrons. The monoisotopic (exact) mass is 267 g/mol. The fourth-order valence-corrected chi connectivity index (χ4v) is 1.63. The molecule has 2 rings (SSSR count). The largest absolute Gasteiger partial charge is 0.497 e. The van der Waals surface area contributed by atoms with E-state index in [4.69, 9.17) is 10.00 Å². The molecule has 0 aliphatic carbocycles. The summed E-state index contributed by atoms with van der Waals surface area (Å²) in [5.74, 6) is 0.720. The molecule has 5 heteroatoms. The molecular formula is C15H13N3O2. The molecule has 0 saturated heterocycles. The SMILES string of the molecule is COc1ccc(NC(=O)Nc2cccc(C#N)c2)cc1. The standard InChI is InChI=1S/C15H13N3O2/c1-20-14-7-5-12(6-8-14)17-15(19)18-13-4-2-3-11(9-13)10-16/h2-9H,1H3,(H2,17,18,19). The van der Waals surface area contributed by atoms with Gasteiger partial charge in [0.15, 0.2) is 0 Å². The second-order valence-corrected chi connectivity index (χ2v) is 4.00. The fraction of sp³-hybridized carbons (Fsp3) is 0.0667. The van der Waals surface area contributed by atoms with Crippen LogP contribution >= 0.6 is 0 Å². The highest BCUT2D eigenvalue weighted by atomic mass is 16.5. The zero-order valence-electron chi connectivity index (χ0n) is 10.9. The summed E-state index contributed by atoms with van der Waals surface area (Å²) in [6.07, 6.45) is 0. The van der Waals surface area contributed by atoms with E-state index >= 15 is 0 Å². The van der Waals surface area contributed by atoms with Crippen LogP contribution in [0.4, 0.5) is 16.2 Å². The number of carbonyl (C=O) groups excluding carboxylic acids is 1. The van der Waals surface area contributed by atoms with Crippen LogP contribution in [0.25, 0.3) is 0 Å². The lowest BCUT2D eigenvalue weighted by atomic mass is 10.2. The van der Waals surface area contributed by atoms with E-state index in [2.05, 4.69) is 10.6 Å². The third-order valence-corrected chi connectivity index (χ3v) is 2.60. The van der Waals surface area contributed by atoms with Gasteiger partial charge in [-0.15, -0.1) is 0 Å². The minimum absolute atomic E-state index is 0.370. The number of hydrogen-bond acceptors (Lipinski definition) is 3. The molecule has 0 radical (unpaired) electrons. The number of methoxy groups -OCH3 is 1. The van der Waals surface area contributed by atoms with Gasteiger partial charge in [0.05, 0.1) is 18.7 Å². The van der Waals surface area contributed by atoms with Crippen LogP contribution in [0.5, 0.6) is 5.75 Å². The Balaban J connectivity index is 1.99. The number of urea groups is 1. The first-order valence-electron chi connectivity index (χ1n) is 5.93. The van der Waals surface area contributed by atoms with E-state index in [0.717, 1.165) is 5.75 Å². The molecule has 2 amide bonds. The molecule has 0 bridgehead atoms. The van der Waals surface area contributed by atoms with Crippen LogP contribution in [0.15, 0.2) is 48.5 Å². The lowest BCUT2D eigenvalue weighted by molar-refractivity contribution is 0.262. The van der Waals surface area contributed by atoms with Gasteiger partial charge in [-0.2, -0.15) is 5.26 Å². The van der Waals surface area contributed by atoms with Gasteiger partial charge in [0.25, 0.3) is 0 Å². The van der Waals surface area contributed by atoms with Crippen LogP contribution in [-0.2, 0) is 0 Å². The number of rotatable bonds is 3. The Hall–Kier alpha value is -3.00. The van der Waals surface area contributed by atoms with Crippen molar-refractivity contribution in [3.63, 3.8) is 0 Å². The summed E-state index contributed by atoms with van der Waals surface area (Å²) in [6.45, 7) is 0. The molecule has 0 aliphatic heterocycles. The van der Waals surface area contributed by atoms with E-state index in [1.807, 2.05) is 6.07 Å². The van der Waals surface area contributed by atoms with Gasteiger partial charge in [0.1, 0.15) is 5.75 Å². The average molecular weight is 267 g/mol. The normalized spacial score (nSPS) is 9.40. The summed E-state index contributed by atoms with van der Waals surface area (Å²) in [4.78, 5) is 11.8. The molecule has 0 saturated carbocycles. The molecule has 0 unspecified atom stereocenters. The van der Waals surface area contributed by atoms with E-state index in [1.54, 1.807) is 55.6 Å². The number of nitriles is 1. The Morgan fingerprint density at radius 1 is 1.10 bits per heavy atom. The first kappa shape index (κ1) is 13.4. The van der Waals surface area contributed by atoms with Crippen LogP contribution in [0.2, 0.25) is 0 Å². The Morgan fingerprint density at radius 3 is 2.45 bits per heavy atom. The number of carbonyl (C=O) groups is 1. The molecular weight excluding hydrogens is 254 g/mol. The fourth-order valence-electron chi connectivity index (χ4n) is 1.63. The minimum atomic E-state index is -0.370. The van der Waals surface area contributed by atoms with Gasteiger partial charge in [-0.1, -0.05) is 6.07 Å². The maximum atomic E-state index is 11.8. The molecule has 2 aromatic carbocycles. The molecule has 0 aromatic heterocycles. The zero-order chi connectivity index (χ0) is 14.4. The number of amides is 2. The highest BCUT2D eigenvalue weighted by Gasteiger charge is 2.03. The molecule has 2 aromatic rings. The molecule has 0 spiro atoms. The number of nitrogens with zero attached hydrogens (tertiary/aromatic N) is 1. The third kappa shape index (κ3) is 3.50. The van der Waals surface area contributed by atoms with Gasteiger partial charge in [-0.05, 0) is 42.5 Å². The first-order valence-corrected chi connectivity index (χ1v) is 5.93. The number of hydrogen-bond donors (Lipinski definition) is 2. The van der Waals surface area contributed by atoms with Crippen molar-refractivity contribution in [2.75, 3.05) is 17.7 Å². The summed E-state index contributed by atoms with van der Waals surface area (Å²) in [7, 11) is 1.58. The van der Waals surface area contributed by atoms with Gasteiger partial charge in [0.2, 0.25) is 0 Å². The molecule has 5 nitrogen and oxygen atoms in total. The van der Waals surface area contributed by atoms with E-state index in [1.165, 1.54) is 0 Å². The van der Waals surface area contributed by atoms with Crippen LogP contribution in [0.1, 0.15) is 5.56 Å². The molecule has 20 heavy (non-hydrogen) atoms. The number of anilines is 2. The van der Waals surface area contributed by atoms with Crippen LogP contribution in [0.3, 0.4) is 0 Å². The summed E-state index contributed by atoms with van der Waals surface area (Å²) < 4.78 is 5.04. The summed E-state index contributed by atoms with van der Waals surface area (Å²) in [5, 5.41) is 14.1. The maximum Gasteiger partial charge on any atom is 0.323 e. The Kier molecular flexibility index (Phi) is 4.20. The lowest BCUT2D eigenvalue weighted by Gasteiger charge is -2.08. The van der Waals surface area contributed by atoms with E-state index in [-0.39, 0.29) is 6.03 Å². The number of nitrogens with one attached hydrogen (secondary N) is 2. The highest BCUT2D eigenvalue weighted by Crippen LogP contribution is 2.15. The minimum Gasteiger partial charge on any atom is -0.497 e. The van der Waals surface area contributed by atoms with E-state index in [0.29, 0.717) is 16.9 Å². The van der Waals surface area contributed by atoms with E-state index in [9.17, 15) is 4.79 Å². The third-order valence-electron chi connectivity index (χ3n) is 2.60. The Morgan fingerprint density at radius 2 is 1.80 bits per heavy atom. The topological polar surface area (TPSA) is 74.2 Å². The predicted octanol–water partition coefficient (Wildman–Crippen LogP) is 3.21. The van der Waals surface area contributed by atoms with Crippen molar-refractivity contribution in [2.45, 2.75) is 0 Å². The van der Waals surface area contributed by atoms with Crippen molar-refractivity contribution in [2.24, 2.45) is 0 Å². The summed E-state index contributed by atoms with van der Waals surface area (Å²) in [6, 6.07) is 15.3.